The highest BCUT2D eigenvalue weighted by molar-refractivity contribution is 5.88. The standard InChI is InChI=1S/C15H13N3O2/c1-20-14-4-2-3-10(15(14)19)8-16-12-5-6-13-11(7-12)9-17-18-13/h2-9,19H,1H3,(H,17,18). The van der Waals surface area contributed by atoms with E-state index in [-0.39, 0.29) is 5.75 Å². The number of nitrogens with one attached hydrogen (secondary N) is 1. The summed E-state index contributed by atoms with van der Waals surface area (Å²) >= 11 is 0. The normalized spacial score (nSPS) is 11.2. The van der Waals surface area contributed by atoms with E-state index in [4.69, 9.17) is 4.74 Å². The number of aromatic amines is 1. The van der Waals surface area contributed by atoms with Crippen LogP contribution in [0.1, 0.15) is 5.56 Å². The molecule has 1 aromatic heterocycles. The second-order valence-electron chi connectivity index (χ2n) is 4.30. The van der Waals surface area contributed by atoms with E-state index in [2.05, 4.69) is 15.2 Å². The van der Waals surface area contributed by atoms with Crippen LogP contribution in [-0.2, 0) is 0 Å². The van der Waals surface area contributed by atoms with Crippen LogP contribution < -0.4 is 4.74 Å². The number of para-hydroxylation sites is 1. The highest BCUT2D eigenvalue weighted by atomic mass is 16.5. The van der Waals surface area contributed by atoms with Crippen LogP contribution in [0.4, 0.5) is 5.69 Å². The van der Waals surface area contributed by atoms with Crippen molar-refractivity contribution in [2.45, 2.75) is 0 Å². The van der Waals surface area contributed by atoms with E-state index >= 15 is 0 Å². The molecule has 5 heteroatoms. The van der Waals surface area contributed by atoms with Gasteiger partial charge in [0.25, 0.3) is 0 Å². The van der Waals surface area contributed by atoms with Gasteiger partial charge in [-0.05, 0) is 30.3 Å². The molecule has 100 valence electrons. The molecule has 0 fully saturated rings. The summed E-state index contributed by atoms with van der Waals surface area (Å²) in [5.41, 5.74) is 2.37. The van der Waals surface area contributed by atoms with Gasteiger partial charge in [-0.25, -0.2) is 0 Å². The van der Waals surface area contributed by atoms with Gasteiger partial charge in [0, 0.05) is 17.2 Å². The van der Waals surface area contributed by atoms with Crippen LogP contribution in [0.25, 0.3) is 10.9 Å². The molecule has 0 radical (unpaired) electrons. The van der Waals surface area contributed by atoms with Crippen molar-refractivity contribution in [1.29, 1.82) is 0 Å². The molecule has 0 atom stereocenters. The number of phenolic OH excluding ortho intramolecular Hbond substituents is 1. The Balaban J connectivity index is 1.93. The van der Waals surface area contributed by atoms with E-state index in [0.29, 0.717) is 11.3 Å². The zero-order chi connectivity index (χ0) is 13.9. The van der Waals surface area contributed by atoms with Crippen LogP contribution in [-0.4, -0.2) is 28.6 Å². The molecule has 0 bridgehead atoms. The van der Waals surface area contributed by atoms with Crippen molar-refractivity contribution < 1.29 is 9.84 Å². The fourth-order valence-corrected chi connectivity index (χ4v) is 1.96. The number of rotatable bonds is 3. The number of H-pyrrole nitrogens is 1. The lowest BCUT2D eigenvalue weighted by Crippen LogP contribution is -1.88. The van der Waals surface area contributed by atoms with E-state index in [9.17, 15) is 5.11 Å². The molecule has 0 aliphatic carbocycles. The highest BCUT2D eigenvalue weighted by Crippen LogP contribution is 2.28. The van der Waals surface area contributed by atoms with Gasteiger partial charge in [0.15, 0.2) is 11.5 Å². The molecule has 0 aliphatic rings. The molecule has 2 N–H and O–H groups in total. The number of methoxy groups -OCH3 is 1. The summed E-state index contributed by atoms with van der Waals surface area (Å²) in [7, 11) is 1.52. The predicted octanol–water partition coefficient (Wildman–Crippen LogP) is 3.03. The minimum Gasteiger partial charge on any atom is -0.504 e. The molecule has 2 aromatic carbocycles. The first-order valence-electron chi connectivity index (χ1n) is 6.11. The summed E-state index contributed by atoms with van der Waals surface area (Å²) in [6, 6.07) is 11.0. The highest BCUT2D eigenvalue weighted by Gasteiger charge is 2.04. The number of hydrogen-bond acceptors (Lipinski definition) is 4. The zero-order valence-electron chi connectivity index (χ0n) is 10.9. The van der Waals surface area contributed by atoms with Crippen molar-refractivity contribution in [2.75, 3.05) is 7.11 Å². The molecule has 0 spiro atoms. The smallest absolute Gasteiger partial charge is 0.166 e. The molecule has 1 heterocycles. The van der Waals surface area contributed by atoms with E-state index in [0.717, 1.165) is 16.6 Å². The summed E-state index contributed by atoms with van der Waals surface area (Å²) in [5, 5.41) is 17.8. The number of phenols is 1. The number of hydrogen-bond donors (Lipinski definition) is 2. The molecule has 0 saturated carbocycles. The number of fused-ring (bicyclic) bond motifs is 1. The Bertz CT molecular complexity index is 778. The topological polar surface area (TPSA) is 70.5 Å². The van der Waals surface area contributed by atoms with Gasteiger partial charge in [0.2, 0.25) is 0 Å². The van der Waals surface area contributed by atoms with Crippen molar-refractivity contribution in [3.8, 4) is 11.5 Å². The lowest BCUT2D eigenvalue weighted by Gasteiger charge is -2.04. The second kappa shape index (κ2) is 5.05. The third-order valence-corrected chi connectivity index (χ3v) is 3.03. The summed E-state index contributed by atoms with van der Waals surface area (Å²) in [4.78, 5) is 4.36. The van der Waals surface area contributed by atoms with Crippen LogP contribution >= 0.6 is 0 Å². The Kier molecular flexibility index (Phi) is 3.09. The van der Waals surface area contributed by atoms with E-state index in [1.807, 2.05) is 18.2 Å². The van der Waals surface area contributed by atoms with Gasteiger partial charge in [-0.1, -0.05) is 6.07 Å². The second-order valence-corrected chi connectivity index (χ2v) is 4.30. The van der Waals surface area contributed by atoms with Gasteiger partial charge in [-0.2, -0.15) is 5.10 Å². The van der Waals surface area contributed by atoms with Gasteiger partial charge in [0.05, 0.1) is 24.5 Å². The zero-order valence-corrected chi connectivity index (χ0v) is 10.9. The molecule has 5 nitrogen and oxygen atoms in total. The number of aromatic hydroxyl groups is 1. The maximum absolute atomic E-state index is 9.97. The number of nitrogens with zero attached hydrogens (tertiary/aromatic N) is 2. The lowest BCUT2D eigenvalue weighted by molar-refractivity contribution is 0.373. The van der Waals surface area contributed by atoms with E-state index in [1.54, 1.807) is 30.6 Å². The largest absolute Gasteiger partial charge is 0.504 e. The average Bonchev–Trinajstić information content (AvgIpc) is 2.93. The summed E-state index contributed by atoms with van der Waals surface area (Å²) in [6.45, 7) is 0. The van der Waals surface area contributed by atoms with Gasteiger partial charge in [-0.15, -0.1) is 0 Å². The molecule has 0 unspecified atom stereocenters. The Labute approximate surface area is 115 Å². The molecule has 20 heavy (non-hydrogen) atoms. The maximum Gasteiger partial charge on any atom is 0.166 e. The monoisotopic (exact) mass is 267 g/mol. The van der Waals surface area contributed by atoms with Gasteiger partial charge in [0.1, 0.15) is 0 Å². The molecule has 0 saturated heterocycles. The number of aliphatic imine (C=N–C) groups is 1. The first-order valence-corrected chi connectivity index (χ1v) is 6.11. The van der Waals surface area contributed by atoms with Crippen molar-refractivity contribution in [3.05, 3.63) is 48.2 Å². The van der Waals surface area contributed by atoms with Crippen molar-refractivity contribution in [3.63, 3.8) is 0 Å². The average molecular weight is 267 g/mol. The van der Waals surface area contributed by atoms with Gasteiger partial charge < -0.3 is 9.84 Å². The summed E-state index contributed by atoms with van der Waals surface area (Å²) in [5.74, 6) is 0.516. The number of benzene rings is 2. The van der Waals surface area contributed by atoms with Crippen LogP contribution in [0.2, 0.25) is 0 Å². The molecule has 3 rings (SSSR count). The summed E-state index contributed by atoms with van der Waals surface area (Å²) in [6.07, 6.45) is 3.36. The first kappa shape index (κ1) is 12.2. The fourth-order valence-electron chi connectivity index (χ4n) is 1.96. The predicted molar refractivity (Wildman–Crippen MR) is 78.0 cm³/mol. The molecular formula is C15H13N3O2. The van der Waals surface area contributed by atoms with Crippen LogP contribution in [0, 0.1) is 0 Å². The molecule has 0 amide bonds. The number of ether oxygens (including phenoxy) is 1. The minimum absolute atomic E-state index is 0.0862. The van der Waals surface area contributed by atoms with Crippen molar-refractivity contribution in [1.82, 2.24) is 10.2 Å². The summed E-state index contributed by atoms with van der Waals surface area (Å²) < 4.78 is 5.06. The van der Waals surface area contributed by atoms with Crippen molar-refractivity contribution in [2.24, 2.45) is 4.99 Å². The Hall–Kier alpha value is -2.82. The minimum atomic E-state index is 0.0862. The third-order valence-electron chi connectivity index (χ3n) is 3.03. The Morgan fingerprint density at radius 3 is 3.05 bits per heavy atom. The first-order chi connectivity index (χ1) is 9.78. The third kappa shape index (κ3) is 2.21. The van der Waals surface area contributed by atoms with E-state index in [1.165, 1.54) is 7.11 Å². The van der Waals surface area contributed by atoms with Crippen LogP contribution in [0.15, 0.2) is 47.6 Å². The molecule has 0 aliphatic heterocycles. The fraction of sp³-hybridized carbons (Fsp3) is 0.0667. The van der Waals surface area contributed by atoms with Crippen LogP contribution in [0.3, 0.4) is 0 Å². The lowest BCUT2D eigenvalue weighted by atomic mass is 10.2. The van der Waals surface area contributed by atoms with Gasteiger partial charge in [-0.3, -0.25) is 10.1 Å². The maximum atomic E-state index is 9.97. The SMILES string of the molecule is COc1cccc(C=Nc2ccc3[nH]ncc3c2)c1O. The number of aromatic nitrogens is 2. The van der Waals surface area contributed by atoms with E-state index < -0.39 is 0 Å². The quantitative estimate of drug-likeness (QED) is 0.716. The molecule has 3 aromatic rings. The van der Waals surface area contributed by atoms with Crippen LogP contribution in [0.5, 0.6) is 11.5 Å². The van der Waals surface area contributed by atoms with Crippen molar-refractivity contribution >= 4 is 22.8 Å². The Morgan fingerprint density at radius 1 is 1.30 bits per heavy atom. The Morgan fingerprint density at radius 2 is 2.20 bits per heavy atom. The van der Waals surface area contributed by atoms with Gasteiger partial charge >= 0.3 is 0 Å². The molecular weight excluding hydrogens is 254 g/mol.